The van der Waals surface area contributed by atoms with Crippen molar-refractivity contribution in [1.29, 1.82) is 0 Å². The third-order valence-corrected chi connectivity index (χ3v) is 5.54. The average Bonchev–Trinajstić information content (AvgIpc) is 2.87. The number of methoxy groups -OCH3 is 3. The van der Waals surface area contributed by atoms with Crippen LogP contribution in [0, 0.1) is 0 Å². The van der Waals surface area contributed by atoms with Crippen molar-refractivity contribution in [3.05, 3.63) is 82.9 Å². The summed E-state index contributed by atoms with van der Waals surface area (Å²) in [5.41, 5.74) is 5.64. The number of ether oxygens (including phenoxy) is 3. The molecule has 8 heteroatoms. The molecule has 4 rings (SSSR count). The zero-order chi connectivity index (χ0) is 24.1. The second-order valence-corrected chi connectivity index (χ2v) is 7.58. The highest BCUT2D eigenvalue weighted by Crippen LogP contribution is 2.39. The Hall–Kier alpha value is -4.10. The molecule has 0 aliphatic carbocycles. The summed E-state index contributed by atoms with van der Waals surface area (Å²) < 4.78 is 16.1. The van der Waals surface area contributed by atoms with Crippen LogP contribution >= 0.6 is 11.6 Å². The Labute approximate surface area is 201 Å². The lowest BCUT2D eigenvalue weighted by Crippen LogP contribution is -2.18. The van der Waals surface area contributed by atoms with Crippen LogP contribution in [0.3, 0.4) is 0 Å². The van der Waals surface area contributed by atoms with Gasteiger partial charge in [-0.3, -0.25) is 4.79 Å². The average molecular weight is 476 g/mol. The van der Waals surface area contributed by atoms with Crippen molar-refractivity contribution in [2.24, 2.45) is 5.10 Å². The molecule has 4 aromatic rings. The van der Waals surface area contributed by atoms with Crippen molar-refractivity contribution >= 4 is 34.6 Å². The minimum atomic E-state index is -0.386. The van der Waals surface area contributed by atoms with E-state index in [0.717, 1.165) is 5.56 Å². The molecule has 34 heavy (non-hydrogen) atoms. The van der Waals surface area contributed by atoms with E-state index in [-0.39, 0.29) is 5.91 Å². The molecule has 0 aliphatic rings. The van der Waals surface area contributed by atoms with Gasteiger partial charge in [-0.1, -0.05) is 48.0 Å². The van der Waals surface area contributed by atoms with Crippen molar-refractivity contribution in [2.45, 2.75) is 0 Å². The minimum absolute atomic E-state index is 0.386. The summed E-state index contributed by atoms with van der Waals surface area (Å²) in [6, 6.07) is 20.0. The van der Waals surface area contributed by atoms with E-state index in [1.807, 2.05) is 42.5 Å². The van der Waals surface area contributed by atoms with Crippen LogP contribution in [0.1, 0.15) is 15.9 Å². The summed E-state index contributed by atoms with van der Waals surface area (Å²) in [5, 5.41) is 5.39. The molecule has 1 heterocycles. The van der Waals surface area contributed by atoms with E-state index in [9.17, 15) is 4.79 Å². The van der Waals surface area contributed by atoms with Crippen LogP contribution in [0.2, 0.25) is 5.02 Å². The zero-order valence-electron chi connectivity index (χ0n) is 18.8. The molecule has 3 aromatic carbocycles. The number of hydrogen-bond acceptors (Lipinski definition) is 6. The van der Waals surface area contributed by atoms with Crippen molar-refractivity contribution in [2.75, 3.05) is 21.3 Å². The molecule has 1 aromatic heterocycles. The van der Waals surface area contributed by atoms with Crippen molar-refractivity contribution in [1.82, 2.24) is 10.4 Å². The van der Waals surface area contributed by atoms with E-state index >= 15 is 0 Å². The fraction of sp³-hybridized carbons (Fsp3) is 0.115. The maximum atomic E-state index is 13.1. The third kappa shape index (κ3) is 4.51. The van der Waals surface area contributed by atoms with Crippen LogP contribution < -0.4 is 19.6 Å². The molecule has 0 radical (unpaired) electrons. The second-order valence-electron chi connectivity index (χ2n) is 7.17. The highest BCUT2D eigenvalue weighted by molar-refractivity contribution is 6.33. The summed E-state index contributed by atoms with van der Waals surface area (Å²) >= 11 is 6.37. The number of rotatable bonds is 7. The predicted octanol–water partition coefficient (Wildman–Crippen LogP) is 5.34. The first-order valence-corrected chi connectivity index (χ1v) is 10.7. The summed E-state index contributed by atoms with van der Waals surface area (Å²) in [5.74, 6) is 1.01. The summed E-state index contributed by atoms with van der Waals surface area (Å²) in [6.45, 7) is 0. The normalized spacial score (nSPS) is 10.9. The second kappa shape index (κ2) is 10.2. The van der Waals surface area contributed by atoms with Crippen LogP contribution in [0.25, 0.3) is 22.2 Å². The maximum absolute atomic E-state index is 13.1. The van der Waals surface area contributed by atoms with E-state index in [1.165, 1.54) is 20.4 Å². The minimum Gasteiger partial charge on any atom is -0.493 e. The highest BCUT2D eigenvalue weighted by atomic mass is 35.5. The van der Waals surface area contributed by atoms with Gasteiger partial charge in [0.2, 0.25) is 5.75 Å². The summed E-state index contributed by atoms with van der Waals surface area (Å²) in [7, 11) is 4.59. The Morgan fingerprint density at radius 2 is 1.68 bits per heavy atom. The monoisotopic (exact) mass is 475 g/mol. The van der Waals surface area contributed by atoms with Crippen molar-refractivity contribution < 1.29 is 19.0 Å². The Balaban J connectivity index is 1.68. The predicted molar refractivity (Wildman–Crippen MR) is 133 cm³/mol. The fourth-order valence-corrected chi connectivity index (χ4v) is 3.85. The van der Waals surface area contributed by atoms with Gasteiger partial charge in [0.05, 0.1) is 44.3 Å². The molecule has 0 aliphatic heterocycles. The molecule has 0 spiro atoms. The molecular weight excluding hydrogens is 454 g/mol. The SMILES string of the molecule is COc1ccc(/C=N/NC(=O)c2cc(-c3ccccc3Cl)nc3ccccc23)c(OC)c1OC. The maximum Gasteiger partial charge on any atom is 0.272 e. The lowest BCUT2D eigenvalue weighted by Gasteiger charge is -2.13. The molecule has 172 valence electrons. The molecule has 0 unspecified atom stereocenters. The number of halogens is 1. The van der Waals surface area contributed by atoms with Gasteiger partial charge in [-0.15, -0.1) is 0 Å². The number of hydrogen-bond donors (Lipinski definition) is 1. The van der Waals surface area contributed by atoms with Gasteiger partial charge in [-0.25, -0.2) is 10.4 Å². The number of pyridine rings is 1. The fourth-order valence-electron chi connectivity index (χ4n) is 3.62. The van der Waals surface area contributed by atoms with E-state index in [0.29, 0.717) is 50.0 Å². The number of amides is 1. The van der Waals surface area contributed by atoms with Gasteiger partial charge >= 0.3 is 0 Å². The van der Waals surface area contributed by atoms with Gasteiger partial charge < -0.3 is 14.2 Å². The number of fused-ring (bicyclic) bond motifs is 1. The molecule has 0 fully saturated rings. The van der Waals surface area contributed by atoms with Gasteiger partial charge in [0.15, 0.2) is 11.5 Å². The number of para-hydroxylation sites is 1. The lowest BCUT2D eigenvalue weighted by atomic mass is 10.0. The topological polar surface area (TPSA) is 82.0 Å². The first-order chi connectivity index (χ1) is 16.6. The van der Waals surface area contributed by atoms with Gasteiger partial charge in [0.1, 0.15) is 0 Å². The number of carbonyl (C=O) groups excluding carboxylic acids is 1. The Morgan fingerprint density at radius 3 is 2.41 bits per heavy atom. The number of hydrazone groups is 1. The number of aromatic nitrogens is 1. The first-order valence-electron chi connectivity index (χ1n) is 10.3. The first kappa shape index (κ1) is 23.1. The van der Waals surface area contributed by atoms with Crippen molar-refractivity contribution in [3.8, 4) is 28.5 Å². The van der Waals surface area contributed by atoms with Crippen LogP contribution in [0.4, 0.5) is 0 Å². The van der Waals surface area contributed by atoms with E-state index in [2.05, 4.69) is 10.5 Å². The molecule has 0 saturated heterocycles. The molecule has 0 atom stereocenters. The van der Waals surface area contributed by atoms with E-state index < -0.39 is 0 Å². The van der Waals surface area contributed by atoms with E-state index in [4.69, 9.17) is 30.8 Å². The molecule has 7 nitrogen and oxygen atoms in total. The molecule has 1 amide bonds. The Bertz CT molecular complexity index is 1390. The Kier molecular flexibility index (Phi) is 6.94. The lowest BCUT2D eigenvalue weighted by molar-refractivity contribution is 0.0956. The third-order valence-electron chi connectivity index (χ3n) is 5.21. The standard InChI is InChI=1S/C26H22ClN3O4/c1-32-23-13-12-16(24(33-2)25(23)34-3)15-28-30-26(31)19-14-22(18-9-4-6-10-20(18)27)29-21-11-7-5-8-17(19)21/h4-15H,1-3H3,(H,30,31)/b28-15+. The van der Waals surface area contributed by atoms with Gasteiger partial charge in [0, 0.05) is 21.5 Å². The Morgan fingerprint density at radius 1 is 0.941 bits per heavy atom. The molecule has 0 bridgehead atoms. The molecule has 0 saturated carbocycles. The van der Waals surface area contributed by atoms with Crippen LogP contribution in [-0.2, 0) is 0 Å². The van der Waals surface area contributed by atoms with Crippen molar-refractivity contribution in [3.63, 3.8) is 0 Å². The van der Waals surface area contributed by atoms with Crippen LogP contribution in [-0.4, -0.2) is 38.4 Å². The highest BCUT2D eigenvalue weighted by Gasteiger charge is 2.16. The molecular formula is C26H22ClN3O4. The summed E-state index contributed by atoms with van der Waals surface area (Å²) in [4.78, 5) is 17.8. The molecule has 1 N–H and O–H groups in total. The number of nitrogens with one attached hydrogen (secondary N) is 1. The van der Waals surface area contributed by atoms with Gasteiger partial charge in [-0.05, 0) is 30.3 Å². The van der Waals surface area contributed by atoms with Gasteiger partial charge in [0.25, 0.3) is 5.91 Å². The number of benzene rings is 3. The quantitative estimate of drug-likeness (QED) is 0.288. The smallest absolute Gasteiger partial charge is 0.272 e. The number of carbonyl (C=O) groups is 1. The summed E-state index contributed by atoms with van der Waals surface area (Å²) in [6.07, 6.45) is 1.48. The van der Waals surface area contributed by atoms with E-state index in [1.54, 1.807) is 31.4 Å². The largest absolute Gasteiger partial charge is 0.493 e. The van der Waals surface area contributed by atoms with Gasteiger partial charge in [-0.2, -0.15) is 5.10 Å². The zero-order valence-corrected chi connectivity index (χ0v) is 19.6. The van der Waals surface area contributed by atoms with Crippen LogP contribution in [0.15, 0.2) is 71.8 Å². The number of nitrogens with zero attached hydrogens (tertiary/aromatic N) is 2. The van der Waals surface area contributed by atoms with Crippen LogP contribution in [0.5, 0.6) is 17.2 Å².